The Balaban J connectivity index is 2.25. The number of rotatable bonds is 8. The van der Waals surface area contributed by atoms with Crippen LogP contribution < -0.4 is 0 Å². The number of ether oxygens (including phenoxy) is 1. The number of carboxylic acid groups (broad SMARTS) is 2. The molecule has 0 saturated carbocycles. The molecule has 128 valence electrons. The molecule has 0 aliphatic heterocycles. The van der Waals surface area contributed by atoms with Crippen molar-refractivity contribution in [1.29, 1.82) is 0 Å². The molecule has 2 N–H and O–H groups in total. The van der Waals surface area contributed by atoms with Crippen LogP contribution in [0.1, 0.15) is 5.56 Å². The zero-order chi connectivity index (χ0) is 18.2. The lowest BCUT2D eigenvalue weighted by Crippen LogP contribution is -2.12. The highest BCUT2D eigenvalue weighted by atomic mass is 16.5. The summed E-state index contributed by atoms with van der Waals surface area (Å²) in [5.41, 5.74) is 2.51. The number of hydrogen-bond donors (Lipinski definition) is 2. The summed E-state index contributed by atoms with van der Waals surface area (Å²) in [6, 6.07) is 17.1. The summed E-state index contributed by atoms with van der Waals surface area (Å²) in [6.07, 6.45) is 1.54. The third-order valence-corrected chi connectivity index (χ3v) is 3.49. The summed E-state index contributed by atoms with van der Waals surface area (Å²) in [4.78, 5) is 22.2. The zero-order valence-electron chi connectivity index (χ0n) is 13.5. The Morgan fingerprint density at radius 3 is 2.20 bits per heavy atom. The van der Waals surface area contributed by atoms with Crippen LogP contribution in [-0.2, 0) is 14.3 Å². The van der Waals surface area contributed by atoms with E-state index in [1.54, 1.807) is 0 Å². The van der Waals surface area contributed by atoms with Crippen molar-refractivity contribution in [2.24, 2.45) is 0 Å². The van der Waals surface area contributed by atoms with E-state index in [0.29, 0.717) is 0 Å². The van der Waals surface area contributed by atoms with Gasteiger partial charge < -0.3 is 14.9 Å². The molecular formula is C20H18O5. The second kappa shape index (κ2) is 8.61. The molecule has 0 saturated heterocycles. The zero-order valence-corrected chi connectivity index (χ0v) is 13.5. The lowest BCUT2D eigenvalue weighted by Gasteiger charge is -2.09. The molecule has 2 aromatic rings. The van der Waals surface area contributed by atoms with Gasteiger partial charge in [0.05, 0.1) is 24.4 Å². The monoisotopic (exact) mass is 338 g/mol. The average Bonchev–Trinajstić information content (AvgIpc) is 2.61. The average molecular weight is 338 g/mol. The van der Waals surface area contributed by atoms with Gasteiger partial charge in [0.1, 0.15) is 0 Å². The third-order valence-electron chi connectivity index (χ3n) is 3.49. The number of aliphatic carboxylic acids is 2. The van der Waals surface area contributed by atoms with E-state index in [0.717, 1.165) is 16.7 Å². The van der Waals surface area contributed by atoms with Crippen LogP contribution in [0.3, 0.4) is 0 Å². The van der Waals surface area contributed by atoms with Crippen molar-refractivity contribution < 1.29 is 24.5 Å². The summed E-state index contributed by atoms with van der Waals surface area (Å²) in [6.45, 7) is 2.89. The van der Waals surface area contributed by atoms with Crippen molar-refractivity contribution in [2.75, 3.05) is 13.2 Å². The highest BCUT2D eigenvalue weighted by Gasteiger charge is 2.11. The Hall–Kier alpha value is -3.18. The predicted molar refractivity (Wildman–Crippen MR) is 95.1 cm³/mol. The van der Waals surface area contributed by atoms with Crippen LogP contribution in [0.15, 0.2) is 72.3 Å². The molecule has 0 aliphatic carbocycles. The Kier molecular flexibility index (Phi) is 6.26. The van der Waals surface area contributed by atoms with Crippen LogP contribution in [-0.4, -0.2) is 35.4 Å². The molecule has 0 aromatic heterocycles. The molecule has 2 aromatic carbocycles. The van der Waals surface area contributed by atoms with Crippen molar-refractivity contribution in [3.63, 3.8) is 0 Å². The van der Waals surface area contributed by atoms with E-state index in [4.69, 9.17) is 9.84 Å². The third kappa shape index (κ3) is 5.16. The van der Waals surface area contributed by atoms with Crippen molar-refractivity contribution in [3.8, 4) is 11.1 Å². The van der Waals surface area contributed by atoms with Crippen LogP contribution in [0.25, 0.3) is 17.2 Å². The molecule has 0 aliphatic rings. The van der Waals surface area contributed by atoms with Gasteiger partial charge in [-0.25, -0.2) is 9.59 Å². The van der Waals surface area contributed by atoms with Gasteiger partial charge in [-0.15, -0.1) is 0 Å². The van der Waals surface area contributed by atoms with Gasteiger partial charge in [-0.3, -0.25) is 0 Å². The Morgan fingerprint density at radius 1 is 0.920 bits per heavy atom. The predicted octanol–water partition coefficient (Wildman–Crippen LogP) is 3.48. The van der Waals surface area contributed by atoms with Crippen LogP contribution in [0.2, 0.25) is 0 Å². The molecule has 0 fully saturated rings. The largest absolute Gasteiger partial charge is 0.478 e. The van der Waals surface area contributed by atoms with Crippen LogP contribution in [0.4, 0.5) is 0 Å². The fraction of sp³-hybridized carbons (Fsp3) is 0.100. The maximum Gasteiger partial charge on any atom is 0.333 e. The number of hydrogen-bond acceptors (Lipinski definition) is 3. The summed E-state index contributed by atoms with van der Waals surface area (Å²) >= 11 is 0. The Labute approximate surface area is 145 Å². The smallest absolute Gasteiger partial charge is 0.333 e. The molecule has 0 spiro atoms. The van der Waals surface area contributed by atoms with E-state index in [1.165, 1.54) is 6.08 Å². The first kappa shape index (κ1) is 18.2. The molecule has 0 atom stereocenters. The van der Waals surface area contributed by atoms with E-state index in [2.05, 4.69) is 6.58 Å². The number of benzene rings is 2. The SMILES string of the molecule is C=C(COCC(=Cc1ccccc1-c1ccccc1)C(=O)O)C(=O)O. The fourth-order valence-electron chi connectivity index (χ4n) is 2.20. The van der Waals surface area contributed by atoms with Gasteiger partial charge in [-0.1, -0.05) is 61.2 Å². The van der Waals surface area contributed by atoms with Gasteiger partial charge in [0.2, 0.25) is 0 Å². The van der Waals surface area contributed by atoms with Gasteiger partial charge in [0.15, 0.2) is 0 Å². The minimum atomic E-state index is -1.17. The summed E-state index contributed by atoms with van der Waals surface area (Å²) in [7, 11) is 0. The molecule has 0 radical (unpaired) electrons. The van der Waals surface area contributed by atoms with Crippen molar-refractivity contribution in [1.82, 2.24) is 0 Å². The van der Waals surface area contributed by atoms with Gasteiger partial charge in [0.25, 0.3) is 0 Å². The first-order chi connectivity index (χ1) is 12.0. The Bertz CT molecular complexity index is 806. The van der Waals surface area contributed by atoms with E-state index in [9.17, 15) is 14.7 Å². The normalized spacial score (nSPS) is 11.1. The summed E-state index contributed by atoms with van der Waals surface area (Å²) < 4.78 is 5.17. The Morgan fingerprint density at radius 2 is 1.56 bits per heavy atom. The highest BCUT2D eigenvalue weighted by Crippen LogP contribution is 2.25. The van der Waals surface area contributed by atoms with Crippen molar-refractivity contribution in [3.05, 3.63) is 77.9 Å². The van der Waals surface area contributed by atoms with Crippen molar-refractivity contribution >= 4 is 18.0 Å². The molecular weight excluding hydrogens is 320 g/mol. The lowest BCUT2D eigenvalue weighted by atomic mass is 9.98. The molecule has 5 nitrogen and oxygen atoms in total. The number of carbonyl (C=O) groups is 2. The standard InChI is InChI=1S/C20H18O5/c1-14(19(21)22)12-25-13-17(20(23)24)11-16-9-5-6-10-18(16)15-7-3-2-4-8-15/h2-11H,1,12-13H2,(H,21,22)(H,23,24). The van der Waals surface area contributed by atoms with Crippen LogP contribution >= 0.6 is 0 Å². The van der Waals surface area contributed by atoms with Crippen molar-refractivity contribution in [2.45, 2.75) is 0 Å². The first-order valence-corrected chi connectivity index (χ1v) is 7.56. The van der Waals surface area contributed by atoms with E-state index in [-0.39, 0.29) is 24.4 Å². The maximum absolute atomic E-state index is 11.5. The van der Waals surface area contributed by atoms with Gasteiger partial charge >= 0.3 is 11.9 Å². The second-order valence-electron chi connectivity index (χ2n) is 5.33. The van der Waals surface area contributed by atoms with E-state index >= 15 is 0 Å². The first-order valence-electron chi connectivity index (χ1n) is 7.56. The quantitative estimate of drug-likeness (QED) is 0.720. The van der Waals surface area contributed by atoms with Crippen LogP contribution in [0.5, 0.6) is 0 Å². The summed E-state index contributed by atoms with van der Waals surface area (Å²) in [5.74, 6) is -2.29. The van der Waals surface area contributed by atoms with Crippen LogP contribution in [0, 0.1) is 0 Å². The topological polar surface area (TPSA) is 83.8 Å². The van der Waals surface area contributed by atoms with E-state index in [1.807, 2.05) is 54.6 Å². The van der Waals surface area contributed by atoms with Gasteiger partial charge in [-0.2, -0.15) is 0 Å². The van der Waals surface area contributed by atoms with E-state index < -0.39 is 11.9 Å². The summed E-state index contributed by atoms with van der Waals surface area (Å²) in [5, 5.41) is 18.1. The molecule has 0 unspecified atom stereocenters. The fourth-order valence-corrected chi connectivity index (χ4v) is 2.20. The minimum absolute atomic E-state index is 0.0292. The molecule has 5 heteroatoms. The minimum Gasteiger partial charge on any atom is -0.478 e. The molecule has 0 amide bonds. The van der Waals surface area contributed by atoms with Gasteiger partial charge in [-0.05, 0) is 22.8 Å². The highest BCUT2D eigenvalue weighted by molar-refractivity contribution is 5.94. The molecule has 0 heterocycles. The molecule has 2 rings (SSSR count). The molecule has 25 heavy (non-hydrogen) atoms. The second-order valence-corrected chi connectivity index (χ2v) is 5.33. The molecule has 0 bridgehead atoms. The van der Waals surface area contributed by atoms with Gasteiger partial charge in [0, 0.05) is 0 Å². The lowest BCUT2D eigenvalue weighted by molar-refractivity contribution is -0.133. The maximum atomic E-state index is 11.5. The number of carboxylic acids is 2.